The number of hydrogen-bond acceptors (Lipinski definition) is 4. The van der Waals surface area contributed by atoms with Gasteiger partial charge in [-0.3, -0.25) is 0 Å². The number of ether oxygens (including phenoxy) is 1. The monoisotopic (exact) mass is 232 g/mol. The van der Waals surface area contributed by atoms with Crippen LogP contribution in [0.15, 0.2) is 0 Å². The van der Waals surface area contributed by atoms with Crippen LogP contribution in [-0.2, 0) is 4.74 Å². The number of hydrogen-bond donors (Lipinski definition) is 3. The van der Waals surface area contributed by atoms with Gasteiger partial charge in [0.15, 0.2) is 0 Å². The van der Waals surface area contributed by atoms with Gasteiger partial charge in [-0.05, 0) is 40.7 Å². The van der Waals surface area contributed by atoms with Crippen molar-refractivity contribution in [1.82, 2.24) is 10.6 Å². The molecule has 0 aromatic carbocycles. The molecule has 0 saturated heterocycles. The maximum atomic E-state index is 11.2. The molecule has 0 fully saturated rings. The molecule has 3 N–H and O–H groups in total. The summed E-state index contributed by atoms with van der Waals surface area (Å²) in [7, 11) is 0. The predicted molar refractivity (Wildman–Crippen MR) is 63.4 cm³/mol. The highest BCUT2D eigenvalue weighted by Gasteiger charge is 2.15. The Kier molecular flexibility index (Phi) is 7.08. The zero-order chi connectivity index (χ0) is 12.6. The summed E-state index contributed by atoms with van der Waals surface area (Å²) in [5.74, 6) is 0. The van der Waals surface area contributed by atoms with Crippen molar-refractivity contribution < 1.29 is 14.6 Å². The second-order valence-corrected chi connectivity index (χ2v) is 4.84. The lowest BCUT2D eigenvalue weighted by Gasteiger charge is -2.19. The van der Waals surface area contributed by atoms with Crippen LogP contribution >= 0.6 is 0 Å². The Labute approximate surface area is 97.6 Å². The molecule has 0 aromatic heterocycles. The minimum atomic E-state index is -0.450. The molecule has 1 amide bonds. The van der Waals surface area contributed by atoms with E-state index in [1.54, 1.807) is 6.92 Å². The molecular weight excluding hydrogens is 208 g/mol. The first-order valence-corrected chi connectivity index (χ1v) is 5.67. The third kappa shape index (κ3) is 11.3. The molecule has 0 rings (SSSR count). The molecule has 0 bridgehead atoms. The van der Waals surface area contributed by atoms with Gasteiger partial charge in [-0.1, -0.05) is 0 Å². The largest absolute Gasteiger partial charge is 0.444 e. The van der Waals surface area contributed by atoms with E-state index in [0.29, 0.717) is 13.1 Å². The van der Waals surface area contributed by atoms with Crippen molar-refractivity contribution in [3.63, 3.8) is 0 Å². The van der Waals surface area contributed by atoms with Crippen molar-refractivity contribution in [2.45, 2.75) is 45.8 Å². The zero-order valence-electron chi connectivity index (χ0n) is 10.7. The van der Waals surface area contributed by atoms with Gasteiger partial charge < -0.3 is 20.5 Å². The van der Waals surface area contributed by atoms with Crippen LogP contribution in [0.3, 0.4) is 0 Å². The highest BCUT2D eigenvalue weighted by atomic mass is 16.6. The van der Waals surface area contributed by atoms with E-state index >= 15 is 0 Å². The minimum absolute atomic E-state index is 0.334. The van der Waals surface area contributed by atoms with E-state index in [1.807, 2.05) is 20.8 Å². The van der Waals surface area contributed by atoms with Gasteiger partial charge >= 0.3 is 6.09 Å². The fourth-order valence-corrected chi connectivity index (χ4v) is 1.03. The summed E-state index contributed by atoms with van der Waals surface area (Å²) in [6, 6.07) is 0. The van der Waals surface area contributed by atoms with E-state index in [4.69, 9.17) is 9.84 Å². The van der Waals surface area contributed by atoms with E-state index in [-0.39, 0.29) is 12.2 Å². The Bertz CT molecular complexity index is 200. The number of rotatable bonds is 6. The lowest BCUT2D eigenvalue weighted by molar-refractivity contribution is 0.0527. The highest BCUT2D eigenvalue weighted by Crippen LogP contribution is 2.06. The molecule has 0 aliphatic carbocycles. The Hall–Kier alpha value is -0.810. The summed E-state index contributed by atoms with van der Waals surface area (Å²) >= 11 is 0. The molecule has 0 aromatic rings. The molecule has 16 heavy (non-hydrogen) atoms. The molecule has 0 aliphatic heterocycles. The van der Waals surface area contributed by atoms with Crippen molar-refractivity contribution in [1.29, 1.82) is 0 Å². The number of carbonyl (C=O) groups is 1. The van der Waals surface area contributed by atoms with E-state index in [9.17, 15) is 4.79 Å². The Morgan fingerprint density at radius 1 is 1.38 bits per heavy atom. The maximum Gasteiger partial charge on any atom is 0.407 e. The first-order chi connectivity index (χ1) is 7.31. The van der Waals surface area contributed by atoms with Gasteiger partial charge in [-0.25, -0.2) is 4.79 Å². The van der Waals surface area contributed by atoms with Gasteiger partial charge in [0.2, 0.25) is 0 Å². The highest BCUT2D eigenvalue weighted by molar-refractivity contribution is 5.67. The number of aliphatic hydroxyl groups excluding tert-OH is 1. The molecule has 1 unspecified atom stereocenters. The molecule has 0 radical (unpaired) electrons. The summed E-state index contributed by atoms with van der Waals surface area (Å²) in [6.07, 6.45) is 0.0910. The molecular formula is C11H24N2O3. The molecule has 5 nitrogen and oxygen atoms in total. The van der Waals surface area contributed by atoms with Gasteiger partial charge in [-0.2, -0.15) is 0 Å². The van der Waals surface area contributed by atoms with E-state index in [0.717, 1.165) is 13.0 Å². The number of carbonyl (C=O) groups excluding carboxylic acids is 1. The average Bonchev–Trinajstić information content (AvgIpc) is 2.07. The number of alkyl carbamates (subject to hydrolysis) is 1. The third-order valence-corrected chi connectivity index (χ3v) is 1.64. The van der Waals surface area contributed by atoms with Gasteiger partial charge in [0.25, 0.3) is 0 Å². The normalized spacial score (nSPS) is 13.3. The SMILES string of the molecule is CC(O)CNCCCNC(=O)OC(C)(C)C. The van der Waals surface area contributed by atoms with Crippen molar-refractivity contribution >= 4 is 6.09 Å². The lowest BCUT2D eigenvalue weighted by Crippen LogP contribution is -2.34. The Balaban J connectivity index is 3.35. The molecule has 96 valence electrons. The van der Waals surface area contributed by atoms with Crippen molar-refractivity contribution in [3.8, 4) is 0 Å². The van der Waals surface area contributed by atoms with E-state index < -0.39 is 5.60 Å². The lowest BCUT2D eigenvalue weighted by atomic mass is 10.2. The second kappa shape index (κ2) is 7.46. The average molecular weight is 232 g/mol. The van der Waals surface area contributed by atoms with Crippen molar-refractivity contribution in [2.24, 2.45) is 0 Å². The molecule has 5 heteroatoms. The third-order valence-electron chi connectivity index (χ3n) is 1.64. The molecule has 0 saturated carbocycles. The smallest absolute Gasteiger partial charge is 0.407 e. The first kappa shape index (κ1) is 15.2. The number of amides is 1. The predicted octanol–water partition coefficient (Wildman–Crippen LogP) is 0.872. The summed E-state index contributed by atoms with van der Waals surface area (Å²) in [4.78, 5) is 11.2. The van der Waals surface area contributed by atoms with Gasteiger partial charge in [0.1, 0.15) is 5.60 Å². The van der Waals surface area contributed by atoms with Crippen LogP contribution in [0, 0.1) is 0 Å². The van der Waals surface area contributed by atoms with Crippen LogP contribution in [0.25, 0.3) is 0 Å². The molecule has 0 heterocycles. The van der Waals surface area contributed by atoms with Crippen molar-refractivity contribution in [3.05, 3.63) is 0 Å². The quantitative estimate of drug-likeness (QED) is 0.594. The first-order valence-electron chi connectivity index (χ1n) is 5.67. The van der Waals surface area contributed by atoms with Crippen LogP contribution in [0.4, 0.5) is 4.79 Å². The summed E-state index contributed by atoms with van der Waals surface area (Å²) in [5, 5.41) is 14.7. The Morgan fingerprint density at radius 2 is 2.00 bits per heavy atom. The van der Waals surface area contributed by atoms with Crippen LogP contribution in [0.5, 0.6) is 0 Å². The summed E-state index contributed by atoms with van der Waals surface area (Å²) in [6.45, 7) is 9.13. The molecule has 0 spiro atoms. The fraction of sp³-hybridized carbons (Fsp3) is 0.909. The van der Waals surface area contributed by atoms with Gasteiger partial charge in [-0.15, -0.1) is 0 Å². The minimum Gasteiger partial charge on any atom is -0.444 e. The topological polar surface area (TPSA) is 70.6 Å². The number of nitrogens with one attached hydrogen (secondary N) is 2. The zero-order valence-corrected chi connectivity index (χ0v) is 10.7. The number of aliphatic hydroxyl groups is 1. The van der Waals surface area contributed by atoms with Gasteiger partial charge in [0, 0.05) is 13.1 Å². The van der Waals surface area contributed by atoms with E-state index in [2.05, 4.69) is 10.6 Å². The summed E-state index contributed by atoms with van der Waals surface area (Å²) in [5.41, 5.74) is -0.450. The van der Waals surface area contributed by atoms with E-state index in [1.165, 1.54) is 0 Å². The Morgan fingerprint density at radius 3 is 2.50 bits per heavy atom. The van der Waals surface area contributed by atoms with Crippen LogP contribution in [0.2, 0.25) is 0 Å². The molecule has 1 atom stereocenters. The van der Waals surface area contributed by atoms with Crippen molar-refractivity contribution in [2.75, 3.05) is 19.6 Å². The maximum absolute atomic E-state index is 11.2. The van der Waals surface area contributed by atoms with Crippen LogP contribution in [0.1, 0.15) is 34.1 Å². The second-order valence-electron chi connectivity index (χ2n) is 4.84. The van der Waals surface area contributed by atoms with Crippen LogP contribution < -0.4 is 10.6 Å². The standard InChI is InChI=1S/C11H24N2O3/c1-9(14)8-12-6-5-7-13-10(15)16-11(2,3)4/h9,12,14H,5-8H2,1-4H3,(H,13,15). The van der Waals surface area contributed by atoms with Crippen LogP contribution in [-0.4, -0.2) is 42.5 Å². The fourth-order valence-electron chi connectivity index (χ4n) is 1.03. The summed E-state index contributed by atoms with van der Waals surface area (Å²) < 4.78 is 5.07. The molecule has 0 aliphatic rings. The van der Waals surface area contributed by atoms with Gasteiger partial charge in [0.05, 0.1) is 6.10 Å².